The second kappa shape index (κ2) is 6.06. The van der Waals surface area contributed by atoms with Gasteiger partial charge >= 0.3 is 0 Å². The molecule has 0 radical (unpaired) electrons. The van der Waals surface area contributed by atoms with Gasteiger partial charge in [0.1, 0.15) is 5.02 Å². The van der Waals surface area contributed by atoms with Gasteiger partial charge in [0.15, 0.2) is 5.82 Å². The molecule has 104 valence electrons. The van der Waals surface area contributed by atoms with Crippen molar-refractivity contribution in [3.8, 4) is 0 Å². The van der Waals surface area contributed by atoms with Crippen LogP contribution in [0.3, 0.4) is 0 Å². The summed E-state index contributed by atoms with van der Waals surface area (Å²) in [6.07, 6.45) is 3.40. The Morgan fingerprint density at radius 3 is 2.74 bits per heavy atom. The summed E-state index contributed by atoms with van der Waals surface area (Å²) < 4.78 is 0. The van der Waals surface area contributed by atoms with Crippen LogP contribution >= 0.6 is 11.6 Å². The van der Waals surface area contributed by atoms with Crippen LogP contribution in [0.1, 0.15) is 19.8 Å². The summed E-state index contributed by atoms with van der Waals surface area (Å²) in [5.74, 6) is 1.33. The molecule has 1 aliphatic rings. The van der Waals surface area contributed by atoms with Crippen molar-refractivity contribution in [2.75, 3.05) is 30.4 Å². The van der Waals surface area contributed by atoms with Crippen molar-refractivity contribution < 1.29 is 4.79 Å². The van der Waals surface area contributed by atoms with E-state index in [-0.39, 0.29) is 11.9 Å². The lowest BCUT2D eigenvalue weighted by Gasteiger charge is -2.33. The van der Waals surface area contributed by atoms with Gasteiger partial charge in [-0.15, -0.1) is 0 Å². The van der Waals surface area contributed by atoms with E-state index in [0.29, 0.717) is 11.0 Å². The van der Waals surface area contributed by atoms with E-state index in [0.717, 1.165) is 31.7 Å². The molecule has 1 fully saturated rings. The van der Waals surface area contributed by atoms with Gasteiger partial charge in [0.2, 0.25) is 11.9 Å². The van der Waals surface area contributed by atoms with Gasteiger partial charge in [0, 0.05) is 33.1 Å². The molecule has 6 nitrogen and oxygen atoms in total. The molecule has 0 saturated carbocycles. The molecule has 19 heavy (non-hydrogen) atoms. The van der Waals surface area contributed by atoms with Crippen LogP contribution in [0.5, 0.6) is 0 Å². The number of nitrogens with zero attached hydrogens (tertiary/aromatic N) is 3. The first kappa shape index (κ1) is 13.9. The second-order valence-corrected chi connectivity index (χ2v) is 4.98. The molecule has 1 aliphatic heterocycles. The summed E-state index contributed by atoms with van der Waals surface area (Å²) >= 11 is 6.14. The second-order valence-electron chi connectivity index (χ2n) is 4.58. The molecule has 0 aliphatic carbocycles. The number of carbonyl (C=O) groups excluding carboxylic acids is 1. The van der Waals surface area contributed by atoms with E-state index in [1.807, 2.05) is 0 Å². The SMILES string of the molecule is CNc1ncc(Cl)c(N2CCC(NC(C)=O)CC2)n1. The number of rotatable bonds is 3. The molecule has 2 N–H and O–H groups in total. The van der Waals surface area contributed by atoms with Gasteiger partial charge in [0.25, 0.3) is 0 Å². The van der Waals surface area contributed by atoms with E-state index in [1.165, 1.54) is 0 Å². The highest BCUT2D eigenvalue weighted by molar-refractivity contribution is 6.32. The molecule has 1 saturated heterocycles. The largest absolute Gasteiger partial charge is 0.357 e. The van der Waals surface area contributed by atoms with Crippen LogP contribution in [0.4, 0.5) is 11.8 Å². The minimum absolute atomic E-state index is 0.0241. The fourth-order valence-corrected chi connectivity index (χ4v) is 2.43. The minimum atomic E-state index is 0.0241. The average Bonchev–Trinajstić information content (AvgIpc) is 2.40. The van der Waals surface area contributed by atoms with Gasteiger partial charge in [0.05, 0.1) is 6.20 Å². The molecular formula is C12H18ClN5O. The van der Waals surface area contributed by atoms with Crippen molar-refractivity contribution in [1.82, 2.24) is 15.3 Å². The third-order valence-corrected chi connectivity index (χ3v) is 3.42. The van der Waals surface area contributed by atoms with Crippen LogP contribution < -0.4 is 15.5 Å². The van der Waals surface area contributed by atoms with Crippen LogP contribution in [-0.4, -0.2) is 42.1 Å². The number of hydrogen-bond donors (Lipinski definition) is 2. The van der Waals surface area contributed by atoms with Crippen molar-refractivity contribution in [2.45, 2.75) is 25.8 Å². The molecule has 1 aromatic heterocycles. The first-order chi connectivity index (χ1) is 9.10. The van der Waals surface area contributed by atoms with E-state index in [1.54, 1.807) is 20.2 Å². The number of carbonyl (C=O) groups is 1. The van der Waals surface area contributed by atoms with E-state index < -0.39 is 0 Å². The standard InChI is InChI=1S/C12H18ClN5O/c1-8(19)16-9-3-5-18(6-4-9)11-10(13)7-15-12(14-2)17-11/h7,9H,3-6H2,1-2H3,(H,16,19)(H,14,15,17). The molecule has 1 aromatic rings. The summed E-state index contributed by atoms with van der Waals surface area (Å²) in [5, 5.41) is 6.40. The predicted molar refractivity (Wildman–Crippen MR) is 75.6 cm³/mol. The highest BCUT2D eigenvalue weighted by Gasteiger charge is 2.22. The molecular weight excluding hydrogens is 266 g/mol. The summed E-state index contributed by atoms with van der Waals surface area (Å²) in [6.45, 7) is 3.20. The fraction of sp³-hybridized carbons (Fsp3) is 0.583. The third-order valence-electron chi connectivity index (χ3n) is 3.15. The van der Waals surface area contributed by atoms with Gasteiger partial charge in [-0.05, 0) is 12.8 Å². The highest BCUT2D eigenvalue weighted by Crippen LogP contribution is 2.26. The summed E-state index contributed by atoms with van der Waals surface area (Å²) in [5.41, 5.74) is 0. The van der Waals surface area contributed by atoms with E-state index in [2.05, 4.69) is 25.5 Å². The number of anilines is 2. The molecule has 1 amide bonds. The Hall–Kier alpha value is -1.56. The van der Waals surface area contributed by atoms with Crippen LogP contribution in [0.2, 0.25) is 5.02 Å². The molecule has 0 bridgehead atoms. The lowest BCUT2D eigenvalue weighted by Crippen LogP contribution is -2.44. The zero-order chi connectivity index (χ0) is 13.8. The Morgan fingerprint density at radius 1 is 1.47 bits per heavy atom. The Bertz CT molecular complexity index is 459. The lowest BCUT2D eigenvalue weighted by molar-refractivity contribution is -0.119. The van der Waals surface area contributed by atoms with Gasteiger partial charge in [-0.3, -0.25) is 4.79 Å². The number of nitrogens with one attached hydrogen (secondary N) is 2. The first-order valence-corrected chi connectivity index (χ1v) is 6.70. The van der Waals surface area contributed by atoms with Gasteiger partial charge in [-0.1, -0.05) is 11.6 Å². The smallest absolute Gasteiger partial charge is 0.224 e. The Kier molecular flexibility index (Phi) is 4.42. The Labute approximate surface area is 117 Å². The van der Waals surface area contributed by atoms with Crippen LogP contribution in [0, 0.1) is 0 Å². The van der Waals surface area contributed by atoms with E-state index in [4.69, 9.17) is 11.6 Å². The van der Waals surface area contributed by atoms with Crippen molar-refractivity contribution in [2.24, 2.45) is 0 Å². The Morgan fingerprint density at radius 2 is 2.16 bits per heavy atom. The summed E-state index contributed by atoms with van der Waals surface area (Å²) in [7, 11) is 1.77. The average molecular weight is 284 g/mol. The summed E-state index contributed by atoms with van der Waals surface area (Å²) in [6, 6.07) is 0.248. The molecule has 0 unspecified atom stereocenters. The molecule has 2 rings (SSSR count). The normalized spacial score (nSPS) is 16.3. The van der Waals surface area contributed by atoms with E-state index >= 15 is 0 Å². The summed E-state index contributed by atoms with van der Waals surface area (Å²) in [4.78, 5) is 21.6. The molecule has 0 atom stereocenters. The maximum absolute atomic E-state index is 11.0. The van der Waals surface area contributed by atoms with Crippen LogP contribution in [0.25, 0.3) is 0 Å². The minimum Gasteiger partial charge on any atom is -0.357 e. The molecule has 7 heteroatoms. The van der Waals surface area contributed by atoms with Crippen LogP contribution in [0.15, 0.2) is 6.20 Å². The number of halogens is 1. The van der Waals surface area contributed by atoms with Crippen molar-refractivity contribution in [3.63, 3.8) is 0 Å². The Balaban J connectivity index is 2.03. The first-order valence-electron chi connectivity index (χ1n) is 6.32. The topological polar surface area (TPSA) is 70.2 Å². The molecule has 0 aromatic carbocycles. The van der Waals surface area contributed by atoms with Gasteiger partial charge < -0.3 is 15.5 Å². The highest BCUT2D eigenvalue weighted by atomic mass is 35.5. The lowest BCUT2D eigenvalue weighted by atomic mass is 10.1. The van der Waals surface area contributed by atoms with Crippen molar-refractivity contribution in [3.05, 3.63) is 11.2 Å². The number of hydrogen-bond acceptors (Lipinski definition) is 5. The maximum atomic E-state index is 11.0. The third kappa shape index (κ3) is 3.47. The van der Waals surface area contributed by atoms with Crippen LogP contribution in [-0.2, 0) is 4.79 Å². The number of aromatic nitrogens is 2. The quantitative estimate of drug-likeness (QED) is 0.874. The zero-order valence-corrected chi connectivity index (χ0v) is 11.9. The number of piperidine rings is 1. The van der Waals surface area contributed by atoms with Gasteiger partial charge in [-0.2, -0.15) is 4.98 Å². The van der Waals surface area contributed by atoms with Crippen molar-refractivity contribution in [1.29, 1.82) is 0 Å². The van der Waals surface area contributed by atoms with E-state index in [9.17, 15) is 4.79 Å². The van der Waals surface area contributed by atoms with Gasteiger partial charge in [-0.25, -0.2) is 4.98 Å². The monoisotopic (exact) mass is 283 g/mol. The van der Waals surface area contributed by atoms with Crippen molar-refractivity contribution >= 4 is 29.3 Å². The zero-order valence-electron chi connectivity index (χ0n) is 11.1. The number of amides is 1. The molecule has 0 spiro atoms. The maximum Gasteiger partial charge on any atom is 0.224 e. The molecule has 2 heterocycles. The predicted octanol–water partition coefficient (Wildman–Crippen LogP) is 1.28. The fourth-order valence-electron chi connectivity index (χ4n) is 2.22.